The minimum atomic E-state index is 0.903. The number of nitrogens with zero attached hydrogens (tertiary/aromatic N) is 1. The Labute approximate surface area is 42.2 Å². The summed E-state index contributed by atoms with van der Waals surface area (Å²) in [5, 5.41) is 0. The summed E-state index contributed by atoms with van der Waals surface area (Å²) in [7, 11) is 0. The lowest BCUT2D eigenvalue weighted by Gasteiger charge is -2.00. The molecule has 2 heteroatoms. The number of fused-ring (bicyclic) bond motifs is 1. The van der Waals surface area contributed by atoms with Crippen LogP contribution in [-0.4, -0.2) is 12.9 Å². The second-order valence-electron chi connectivity index (χ2n) is 2.56. The summed E-state index contributed by atoms with van der Waals surface area (Å²) in [4.78, 5) is 4.04. The van der Waals surface area contributed by atoms with Crippen molar-refractivity contribution in [3.8, 4) is 0 Å². The van der Waals surface area contributed by atoms with Gasteiger partial charge in [-0.15, -0.1) is 0 Å². The van der Waals surface area contributed by atoms with Gasteiger partial charge in [0.1, 0.15) is 0 Å². The first-order valence-electron chi connectivity index (χ1n) is 2.72. The van der Waals surface area contributed by atoms with Gasteiger partial charge in [0.05, 0.1) is 0 Å². The van der Waals surface area contributed by atoms with Crippen molar-refractivity contribution < 1.29 is 0 Å². The van der Waals surface area contributed by atoms with Crippen molar-refractivity contribution in [3.63, 3.8) is 0 Å². The molecule has 0 aromatic rings. The fourth-order valence-corrected chi connectivity index (χ4v) is 1.57. The highest BCUT2D eigenvalue weighted by Crippen LogP contribution is 2.74. The molecule has 0 amide bonds. The maximum atomic E-state index is 4.04. The standard InChI is InChI=1S/C5H4BN/c1-3-5-4(2-7-1)6(3)5/h1-3,5H. The molecule has 4 aliphatic rings. The fourth-order valence-electron chi connectivity index (χ4n) is 1.57. The van der Waals surface area contributed by atoms with Gasteiger partial charge < -0.3 is 0 Å². The van der Waals surface area contributed by atoms with Crippen LogP contribution >= 0.6 is 0 Å². The van der Waals surface area contributed by atoms with E-state index in [1.165, 1.54) is 0 Å². The van der Waals surface area contributed by atoms with Crippen LogP contribution in [0.4, 0.5) is 0 Å². The van der Waals surface area contributed by atoms with Crippen LogP contribution in [0.1, 0.15) is 0 Å². The van der Waals surface area contributed by atoms with Crippen LogP contribution in [0.3, 0.4) is 0 Å². The second kappa shape index (κ2) is 0.523. The first-order chi connectivity index (χ1) is 3.48. The highest BCUT2D eigenvalue weighted by Gasteiger charge is 2.72. The Hall–Kier alpha value is -0.525. The minimum Gasteiger partial charge on any atom is -0.270 e. The maximum Gasteiger partial charge on any atom is 0.187 e. The van der Waals surface area contributed by atoms with E-state index in [1.54, 1.807) is 5.47 Å². The Bertz CT molecular complexity index is 176. The van der Waals surface area contributed by atoms with Crippen LogP contribution in [0.25, 0.3) is 0 Å². The molecule has 7 heavy (non-hydrogen) atoms. The van der Waals surface area contributed by atoms with Gasteiger partial charge in [-0.2, -0.15) is 0 Å². The number of aliphatic imine (C=N–C) groups is 1. The number of rotatable bonds is 0. The molecule has 0 aromatic carbocycles. The van der Waals surface area contributed by atoms with E-state index in [1.807, 2.05) is 6.20 Å². The van der Waals surface area contributed by atoms with Gasteiger partial charge in [-0.3, -0.25) is 4.99 Å². The summed E-state index contributed by atoms with van der Waals surface area (Å²) in [6.07, 6.45) is 4.11. The Balaban J connectivity index is 2.30. The molecule has 2 unspecified atom stereocenters. The molecule has 1 nitrogen and oxygen atoms in total. The maximum absolute atomic E-state index is 4.04. The molecule has 2 saturated heterocycles. The Kier molecular flexibility index (Phi) is 0.202. The first-order valence-corrected chi connectivity index (χ1v) is 2.72. The normalized spacial score (nSPS) is 48.0. The van der Waals surface area contributed by atoms with Crippen molar-refractivity contribution in [1.82, 2.24) is 0 Å². The Morgan fingerprint density at radius 1 is 1.71 bits per heavy atom. The lowest BCUT2D eigenvalue weighted by Crippen LogP contribution is -1.93. The number of allylic oxidation sites excluding steroid dienone is 1. The molecule has 0 aliphatic carbocycles. The van der Waals surface area contributed by atoms with E-state index in [0.717, 1.165) is 18.3 Å². The average Bonchev–Trinajstić information content (AvgIpc) is 2.53. The molecular weight excluding hydrogens is 84.9 g/mol. The third kappa shape index (κ3) is 0.143. The number of hydrogen-bond acceptors (Lipinski definition) is 1. The predicted octanol–water partition coefficient (Wildman–Crippen LogP) is 0.756. The van der Waals surface area contributed by atoms with Gasteiger partial charge in [0.15, 0.2) is 6.71 Å². The number of hydrogen-bond donors (Lipinski definition) is 0. The largest absolute Gasteiger partial charge is 0.270 e. The van der Waals surface area contributed by atoms with E-state index >= 15 is 0 Å². The molecule has 32 valence electrons. The van der Waals surface area contributed by atoms with Crippen molar-refractivity contribution in [2.24, 2.45) is 4.99 Å². The topological polar surface area (TPSA) is 12.4 Å². The quantitative estimate of drug-likeness (QED) is 0.388. The van der Waals surface area contributed by atoms with E-state index in [2.05, 4.69) is 11.2 Å². The van der Waals surface area contributed by atoms with E-state index in [-0.39, 0.29) is 0 Å². The van der Waals surface area contributed by atoms with Crippen LogP contribution in [-0.2, 0) is 0 Å². The van der Waals surface area contributed by atoms with Crippen LogP contribution in [0, 0.1) is 0 Å². The Morgan fingerprint density at radius 3 is 2.86 bits per heavy atom. The minimum absolute atomic E-state index is 0.903. The fraction of sp³-hybridized carbons (Fsp3) is 0.400. The molecule has 4 heterocycles. The van der Waals surface area contributed by atoms with E-state index in [0.29, 0.717) is 0 Å². The average molecular weight is 88.9 g/mol. The zero-order chi connectivity index (χ0) is 4.43. The summed E-state index contributed by atoms with van der Waals surface area (Å²) in [5.41, 5.74) is 1.62. The van der Waals surface area contributed by atoms with Gasteiger partial charge in [-0.05, 0) is 11.6 Å². The summed E-state index contributed by atoms with van der Waals surface area (Å²) in [6, 6.07) is 0. The molecule has 4 aliphatic heterocycles. The van der Waals surface area contributed by atoms with Gasteiger partial charge >= 0.3 is 0 Å². The second-order valence-corrected chi connectivity index (χ2v) is 2.56. The van der Waals surface area contributed by atoms with Gasteiger partial charge in [0, 0.05) is 12.4 Å². The zero-order valence-electron chi connectivity index (χ0n) is 3.83. The van der Waals surface area contributed by atoms with Crippen molar-refractivity contribution in [2.45, 2.75) is 11.6 Å². The summed E-state index contributed by atoms with van der Waals surface area (Å²) in [5.74, 6) is 1.90. The molecule has 0 N–H and O–H groups in total. The van der Waals surface area contributed by atoms with E-state index in [4.69, 9.17) is 0 Å². The summed E-state index contributed by atoms with van der Waals surface area (Å²) < 4.78 is 0. The van der Waals surface area contributed by atoms with Gasteiger partial charge in [-0.25, -0.2) is 0 Å². The molecule has 0 spiro atoms. The van der Waals surface area contributed by atoms with Gasteiger partial charge in [-0.1, -0.05) is 5.47 Å². The lowest BCUT2D eigenvalue weighted by atomic mass is 9.74. The molecule has 0 aromatic heterocycles. The molecule has 0 radical (unpaired) electrons. The third-order valence-electron chi connectivity index (χ3n) is 2.22. The molecule has 4 rings (SSSR count). The van der Waals surface area contributed by atoms with E-state index < -0.39 is 0 Å². The first kappa shape index (κ1) is 2.70. The van der Waals surface area contributed by atoms with Crippen LogP contribution in [0.15, 0.2) is 16.7 Å². The molecule has 2 fully saturated rings. The van der Waals surface area contributed by atoms with E-state index in [9.17, 15) is 0 Å². The molecule has 2 bridgehead atoms. The molecular formula is C5H4BN. The van der Waals surface area contributed by atoms with Crippen molar-refractivity contribution in [3.05, 3.63) is 11.7 Å². The smallest absolute Gasteiger partial charge is 0.187 e. The monoisotopic (exact) mass is 89.0 g/mol. The lowest BCUT2D eigenvalue weighted by molar-refractivity contribution is 1.20. The molecule has 2 atom stereocenters. The molecule has 0 saturated carbocycles. The highest BCUT2D eigenvalue weighted by molar-refractivity contribution is 6.99. The van der Waals surface area contributed by atoms with Gasteiger partial charge in [0.25, 0.3) is 0 Å². The van der Waals surface area contributed by atoms with Gasteiger partial charge in [0.2, 0.25) is 0 Å². The van der Waals surface area contributed by atoms with Crippen molar-refractivity contribution in [1.29, 1.82) is 0 Å². The predicted molar refractivity (Wildman–Crippen MR) is 29.8 cm³/mol. The third-order valence-corrected chi connectivity index (χ3v) is 2.22. The zero-order valence-corrected chi connectivity index (χ0v) is 3.83. The van der Waals surface area contributed by atoms with Crippen LogP contribution in [0.5, 0.6) is 0 Å². The van der Waals surface area contributed by atoms with Crippen molar-refractivity contribution >= 4 is 12.9 Å². The van der Waals surface area contributed by atoms with Crippen molar-refractivity contribution in [2.75, 3.05) is 0 Å². The Morgan fingerprint density at radius 2 is 2.57 bits per heavy atom. The summed E-state index contributed by atoms with van der Waals surface area (Å²) >= 11 is 0. The van der Waals surface area contributed by atoms with Crippen LogP contribution < -0.4 is 0 Å². The highest BCUT2D eigenvalue weighted by atomic mass is 14.8. The SMILES string of the molecule is C1=NC=C2B3C1C32. The summed E-state index contributed by atoms with van der Waals surface area (Å²) in [6.45, 7) is 0.998. The van der Waals surface area contributed by atoms with Crippen LogP contribution in [0.2, 0.25) is 11.6 Å².